The summed E-state index contributed by atoms with van der Waals surface area (Å²) in [7, 11) is 0. The van der Waals surface area contributed by atoms with Crippen LogP contribution in [0, 0.1) is 12.3 Å². The molecule has 1 rings (SSSR count). The average Bonchev–Trinajstić information content (AvgIpc) is 2.47. The van der Waals surface area contributed by atoms with Gasteiger partial charge in [-0.25, -0.2) is 14.3 Å². The molecule has 0 spiro atoms. The summed E-state index contributed by atoms with van der Waals surface area (Å²) < 4.78 is 6.31. The van der Waals surface area contributed by atoms with E-state index in [9.17, 15) is 4.79 Å². The second-order valence-electron chi connectivity index (χ2n) is 3.75. The molecule has 0 fully saturated rings. The third-order valence-corrected chi connectivity index (χ3v) is 1.36. The SMILES string of the molecule is C#Cc1nccn1C(=O)OC(C)(C)C. The van der Waals surface area contributed by atoms with Gasteiger partial charge in [-0.05, 0) is 26.7 Å². The highest BCUT2D eigenvalue weighted by Gasteiger charge is 2.18. The molecular weight excluding hydrogens is 180 g/mol. The number of rotatable bonds is 0. The summed E-state index contributed by atoms with van der Waals surface area (Å²) in [5, 5.41) is 0. The Bertz CT molecular complexity index is 380. The van der Waals surface area contributed by atoms with E-state index in [1.807, 2.05) is 0 Å². The minimum absolute atomic E-state index is 0.249. The number of nitrogens with zero attached hydrogens (tertiary/aromatic N) is 2. The lowest BCUT2D eigenvalue weighted by molar-refractivity contribution is 0.0535. The van der Waals surface area contributed by atoms with Gasteiger partial charge in [0.05, 0.1) is 0 Å². The van der Waals surface area contributed by atoms with Gasteiger partial charge in [-0.3, -0.25) is 0 Å². The molecule has 1 heterocycles. The number of terminal acetylenes is 1. The fourth-order valence-electron chi connectivity index (χ4n) is 0.869. The maximum atomic E-state index is 11.5. The Hall–Kier alpha value is -1.76. The van der Waals surface area contributed by atoms with Crippen LogP contribution in [0.1, 0.15) is 26.6 Å². The second-order valence-corrected chi connectivity index (χ2v) is 3.75. The van der Waals surface area contributed by atoms with Crippen molar-refractivity contribution in [2.75, 3.05) is 0 Å². The molecule has 1 aromatic rings. The van der Waals surface area contributed by atoms with Crippen LogP contribution in [-0.2, 0) is 4.74 Å². The van der Waals surface area contributed by atoms with E-state index in [-0.39, 0.29) is 5.82 Å². The van der Waals surface area contributed by atoms with Crippen molar-refractivity contribution < 1.29 is 9.53 Å². The van der Waals surface area contributed by atoms with E-state index in [1.165, 1.54) is 17.0 Å². The van der Waals surface area contributed by atoms with Gasteiger partial charge in [0.25, 0.3) is 0 Å². The summed E-state index contributed by atoms with van der Waals surface area (Å²) in [6.07, 6.45) is 7.58. The van der Waals surface area contributed by atoms with Gasteiger partial charge in [0, 0.05) is 12.4 Å². The normalized spacial score (nSPS) is 10.7. The van der Waals surface area contributed by atoms with E-state index >= 15 is 0 Å². The molecule has 0 aromatic carbocycles. The van der Waals surface area contributed by atoms with Crippen molar-refractivity contribution in [1.29, 1.82) is 0 Å². The maximum absolute atomic E-state index is 11.5. The largest absolute Gasteiger partial charge is 0.443 e. The van der Waals surface area contributed by atoms with Crippen molar-refractivity contribution in [1.82, 2.24) is 9.55 Å². The first kappa shape index (κ1) is 10.3. The summed E-state index contributed by atoms with van der Waals surface area (Å²) in [6.45, 7) is 5.37. The van der Waals surface area contributed by atoms with Crippen LogP contribution in [0.5, 0.6) is 0 Å². The van der Waals surface area contributed by atoms with Crippen molar-refractivity contribution in [3.05, 3.63) is 18.2 Å². The third kappa shape index (κ3) is 2.36. The predicted octanol–water partition coefficient (Wildman–Crippen LogP) is 1.65. The van der Waals surface area contributed by atoms with Crippen molar-refractivity contribution >= 4 is 6.09 Å². The van der Waals surface area contributed by atoms with Gasteiger partial charge in [0.15, 0.2) is 5.82 Å². The van der Waals surface area contributed by atoms with Crippen LogP contribution in [0.2, 0.25) is 0 Å². The van der Waals surface area contributed by atoms with E-state index < -0.39 is 11.7 Å². The first-order valence-electron chi connectivity index (χ1n) is 4.17. The lowest BCUT2D eigenvalue weighted by Crippen LogP contribution is -2.27. The van der Waals surface area contributed by atoms with Crippen LogP contribution in [0.4, 0.5) is 4.79 Å². The number of ether oxygens (including phenoxy) is 1. The molecule has 14 heavy (non-hydrogen) atoms. The van der Waals surface area contributed by atoms with Gasteiger partial charge in [-0.15, -0.1) is 6.42 Å². The molecule has 0 N–H and O–H groups in total. The lowest BCUT2D eigenvalue weighted by atomic mass is 10.2. The van der Waals surface area contributed by atoms with Crippen LogP contribution >= 0.6 is 0 Å². The van der Waals surface area contributed by atoms with E-state index in [2.05, 4.69) is 10.9 Å². The smallest absolute Gasteiger partial charge is 0.420 e. The van der Waals surface area contributed by atoms with Crippen LogP contribution in [0.25, 0.3) is 0 Å². The van der Waals surface area contributed by atoms with Crippen molar-refractivity contribution in [2.45, 2.75) is 26.4 Å². The fraction of sp³-hybridized carbons (Fsp3) is 0.400. The molecule has 0 aliphatic carbocycles. The Morgan fingerprint density at radius 1 is 1.64 bits per heavy atom. The summed E-state index contributed by atoms with van der Waals surface area (Å²) in [4.78, 5) is 15.3. The number of aromatic nitrogens is 2. The summed E-state index contributed by atoms with van der Waals surface area (Å²) in [6, 6.07) is 0. The van der Waals surface area contributed by atoms with Gasteiger partial charge in [0.2, 0.25) is 0 Å². The van der Waals surface area contributed by atoms with Gasteiger partial charge >= 0.3 is 6.09 Å². The van der Waals surface area contributed by atoms with Crippen LogP contribution < -0.4 is 0 Å². The molecule has 1 aromatic heterocycles. The highest BCUT2D eigenvalue weighted by molar-refractivity contribution is 5.72. The maximum Gasteiger partial charge on any atom is 0.420 e. The van der Waals surface area contributed by atoms with Gasteiger partial charge < -0.3 is 4.74 Å². The fourth-order valence-corrected chi connectivity index (χ4v) is 0.869. The van der Waals surface area contributed by atoms with E-state index in [0.717, 1.165) is 0 Å². The van der Waals surface area contributed by atoms with E-state index in [4.69, 9.17) is 11.2 Å². The Kier molecular flexibility index (Phi) is 2.61. The summed E-state index contributed by atoms with van der Waals surface area (Å²) in [5.74, 6) is 2.54. The number of carbonyl (C=O) groups is 1. The monoisotopic (exact) mass is 192 g/mol. The summed E-state index contributed by atoms with van der Waals surface area (Å²) >= 11 is 0. The Balaban J connectivity index is 2.86. The van der Waals surface area contributed by atoms with Crippen LogP contribution in [0.15, 0.2) is 12.4 Å². The molecule has 0 saturated carbocycles. The zero-order valence-corrected chi connectivity index (χ0v) is 8.44. The number of hydrogen-bond donors (Lipinski definition) is 0. The quantitative estimate of drug-likeness (QED) is 0.587. The van der Waals surface area contributed by atoms with E-state index in [0.29, 0.717) is 0 Å². The van der Waals surface area contributed by atoms with Gasteiger partial charge in [-0.2, -0.15) is 0 Å². The standard InChI is InChI=1S/C10H12N2O2/c1-5-8-11-6-7-12(8)9(13)14-10(2,3)4/h1,6-7H,2-4H3. The first-order valence-corrected chi connectivity index (χ1v) is 4.17. The molecule has 0 radical (unpaired) electrons. The zero-order chi connectivity index (χ0) is 10.8. The molecular formula is C10H12N2O2. The molecule has 0 saturated heterocycles. The van der Waals surface area contributed by atoms with E-state index in [1.54, 1.807) is 20.8 Å². The first-order chi connectivity index (χ1) is 6.44. The minimum Gasteiger partial charge on any atom is -0.443 e. The molecule has 4 heteroatoms. The molecule has 4 nitrogen and oxygen atoms in total. The van der Waals surface area contributed by atoms with Crippen molar-refractivity contribution in [3.8, 4) is 12.3 Å². The highest BCUT2D eigenvalue weighted by atomic mass is 16.6. The van der Waals surface area contributed by atoms with Gasteiger partial charge in [-0.1, -0.05) is 0 Å². The second kappa shape index (κ2) is 3.54. The topological polar surface area (TPSA) is 44.1 Å². The van der Waals surface area contributed by atoms with Gasteiger partial charge in [0.1, 0.15) is 5.60 Å². The van der Waals surface area contributed by atoms with Crippen LogP contribution in [-0.4, -0.2) is 21.2 Å². The van der Waals surface area contributed by atoms with Crippen molar-refractivity contribution in [3.63, 3.8) is 0 Å². The third-order valence-electron chi connectivity index (χ3n) is 1.36. The number of imidazole rings is 1. The molecule has 0 aliphatic heterocycles. The van der Waals surface area contributed by atoms with Crippen LogP contribution in [0.3, 0.4) is 0 Å². The molecule has 74 valence electrons. The highest BCUT2D eigenvalue weighted by Crippen LogP contribution is 2.09. The number of carbonyl (C=O) groups excluding carboxylic acids is 1. The Morgan fingerprint density at radius 3 is 2.79 bits per heavy atom. The number of hydrogen-bond acceptors (Lipinski definition) is 3. The zero-order valence-electron chi connectivity index (χ0n) is 8.44. The molecule has 0 atom stereocenters. The predicted molar refractivity (Wildman–Crippen MR) is 51.8 cm³/mol. The molecule has 0 aliphatic rings. The lowest BCUT2D eigenvalue weighted by Gasteiger charge is -2.19. The molecule has 0 unspecified atom stereocenters. The Labute approximate surface area is 82.9 Å². The molecule has 0 bridgehead atoms. The average molecular weight is 192 g/mol. The van der Waals surface area contributed by atoms with Crippen molar-refractivity contribution in [2.24, 2.45) is 0 Å². The minimum atomic E-state index is -0.535. The molecule has 0 amide bonds. The Morgan fingerprint density at radius 2 is 2.29 bits per heavy atom. The summed E-state index contributed by atoms with van der Waals surface area (Å²) in [5.41, 5.74) is -0.535.